The highest BCUT2D eigenvalue weighted by Crippen LogP contribution is 1.83. The average Bonchev–Trinajstić information content (AvgIpc) is 1.35. The van der Waals surface area contributed by atoms with Crippen molar-refractivity contribution in [1.82, 2.24) is 0 Å². The summed E-state index contributed by atoms with van der Waals surface area (Å²) in [5.41, 5.74) is 4.88. The maximum atomic E-state index is 6.37. The number of hydrogen-bond donors (Lipinski definition) is 2. The second-order valence-corrected chi connectivity index (χ2v) is 1.15. The smallest absolute Gasteiger partial charge is 0.101 e. The average molecular weight is 105 g/mol. The van der Waals surface area contributed by atoms with E-state index in [1.165, 1.54) is 6.08 Å². The molecule has 0 fully saturated rings. The van der Waals surface area contributed by atoms with E-state index in [1.807, 2.05) is 0 Å². The van der Waals surface area contributed by atoms with Gasteiger partial charge in [-0.05, 0) is 6.08 Å². The second kappa shape index (κ2) is 2.72. The van der Waals surface area contributed by atoms with E-state index >= 15 is 0 Å². The Labute approximate surface area is 41.1 Å². The quantitative estimate of drug-likeness (QED) is 0.373. The van der Waals surface area contributed by atoms with Crippen LogP contribution in [0, 0.1) is 5.41 Å². The number of hydrogen-bond acceptors (Lipinski definition) is 2. The molecule has 0 aromatic carbocycles. The predicted octanol–water partition coefficient (Wildman–Crippen LogP) is 0.675. The first-order valence-corrected chi connectivity index (χ1v) is 1.77. The van der Waals surface area contributed by atoms with E-state index in [0.29, 0.717) is 0 Å². The highest BCUT2D eigenvalue weighted by atomic mass is 35.5. The second-order valence-electron chi connectivity index (χ2n) is 0.718. The van der Waals surface area contributed by atoms with E-state index in [4.69, 9.17) is 22.7 Å². The molecule has 0 atom stereocenters. The first-order valence-electron chi connectivity index (χ1n) is 1.39. The molecule has 0 aliphatic carbocycles. The van der Waals surface area contributed by atoms with Gasteiger partial charge < -0.3 is 11.1 Å². The lowest BCUT2D eigenvalue weighted by atomic mass is 10.7. The van der Waals surface area contributed by atoms with Crippen molar-refractivity contribution in [3.8, 4) is 0 Å². The zero-order valence-electron chi connectivity index (χ0n) is 3.11. The van der Waals surface area contributed by atoms with Crippen molar-refractivity contribution in [1.29, 1.82) is 5.41 Å². The lowest BCUT2D eigenvalue weighted by Crippen LogP contribution is -1.85. The molecule has 0 aliphatic rings. The van der Waals surface area contributed by atoms with E-state index in [1.54, 1.807) is 0 Å². The monoisotopic (exact) mass is 104 g/mol. The predicted molar refractivity (Wildman–Crippen MR) is 26.9 cm³/mol. The summed E-state index contributed by atoms with van der Waals surface area (Å²) >= 11 is 5.07. The number of allylic oxidation sites excluding steroid dienone is 1. The standard InChI is InChI=1S/C3H5ClN2/c4-3(6)1-2-5/h1-2,5H,6H2/b3-1-,5-2?. The van der Waals surface area contributed by atoms with Crippen LogP contribution in [0.15, 0.2) is 11.2 Å². The molecule has 34 valence electrons. The third kappa shape index (κ3) is 3.50. The molecule has 0 heterocycles. The van der Waals surface area contributed by atoms with E-state index in [9.17, 15) is 0 Å². The van der Waals surface area contributed by atoms with Gasteiger partial charge >= 0.3 is 0 Å². The maximum Gasteiger partial charge on any atom is 0.101 e. The van der Waals surface area contributed by atoms with Crippen LogP contribution in [0.2, 0.25) is 0 Å². The van der Waals surface area contributed by atoms with Crippen LogP contribution < -0.4 is 5.73 Å². The minimum Gasteiger partial charge on any atom is -0.389 e. The van der Waals surface area contributed by atoms with Crippen LogP contribution in [-0.2, 0) is 0 Å². The summed E-state index contributed by atoms with van der Waals surface area (Å²) in [6.45, 7) is 0. The Balaban J connectivity index is 3.41. The van der Waals surface area contributed by atoms with Gasteiger partial charge in [-0.15, -0.1) is 0 Å². The van der Waals surface area contributed by atoms with E-state index in [2.05, 4.69) is 0 Å². The molecule has 0 bridgehead atoms. The van der Waals surface area contributed by atoms with E-state index < -0.39 is 0 Å². The molecule has 2 nitrogen and oxygen atoms in total. The molecule has 0 saturated heterocycles. The summed E-state index contributed by atoms with van der Waals surface area (Å²) in [5, 5.41) is 6.51. The molecule has 0 unspecified atom stereocenters. The summed E-state index contributed by atoms with van der Waals surface area (Å²) in [6, 6.07) is 0. The van der Waals surface area contributed by atoms with Crippen LogP contribution in [-0.4, -0.2) is 6.21 Å². The van der Waals surface area contributed by atoms with E-state index in [-0.39, 0.29) is 5.16 Å². The fourth-order valence-corrected chi connectivity index (χ4v) is 0.143. The van der Waals surface area contributed by atoms with Crippen LogP contribution in [0.5, 0.6) is 0 Å². The van der Waals surface area contributed by atoms with E-state index in [0.717, 1.165) is 6.21 Å². The van der Waals surface area contributed by atoms with Crippen LogP contribution in [0.3, 0.4) is 0 Å². The fourth-order valence-electron chi connectivity index (χ4n) is 0.0796. The third-order valence-corrected chi connectivity index (χ3v) is 0.369. The van der Waals surface area contributed by atoms with Crippen LogP contribution in [0.25, 0.3) is 0 Å². The molecule has 0 saturated carbocycles. The van der Waals surface area contributed by atoms with Gasteiger partial charge in [0.25, 0.3) is 0 Å². The highest BCUT2D eigenvalue weighted by Gasteiger charge is 1.68. The Morgan fingerprint density at radius 2 is 2.33 bits per heavy atom. The number of nitrogens with one attached hydrogen (secondary N) is 1. The zero-order valence-corrected chi connectivity index (χ0v) is 3.87. The first kappa shape index (κ1) is 5.50. The minimum absolute atomic E-state index is 0.144. The topological polar surface area (TPSA) is 49.9 Å². The Morgan fingerprint density at radius 3 is 2.33 bits per heavy atom. The Kier molecular flexibility index (Phi) is 2.50. The van der Waals surface area contributed by atoms with Crippen LogP contribution in [0.4, 0.5) is 0 Å². The molecule has 0 spiro atoms. The molecule has 0 aromatic rings. The lowest BCUT2D eigenvalue weighted by molar-refractivity contribution is 1.52. The molecule has 0 amide bonds. The summed E-state index contributed by atoms with van der Waals surface area (Å²) in [5.74, 6) is 0. The molecule has 3 N–H and O–H groups in total. The summed E-state index contributed by atoms with van der Waals surface area (Å²) in [4.78, 5) is 0. The van der Waals surface area contributed by atoms with Gasteiger partial charge in [0.2, 0.25) is 0 Å². The minimum atomic E-state index is 0.144. The zero-order chi connectivity index (χ0) is 4.99. The molecule has 3 heteroatoms. The normalized spacial score (nSPS) is 11.2. The van der Waals surface area contributed by atoms with Gasteiger partial charge in [-0.3, -0.25) is 0 Å². The largest absolute Gasteiger partial charge is 0.389 e. The van der Waals surface area contributed by atoms with Gasteiger partial charge in [-0.1, -0.05) is 11.6 Å². The van der Waals surface area contributed by atoms with Gasteiger partial charge in [-0.25, -0.2) is 0 Å². The van der Waals surface area contributed by atoms with Crippen LogP contribution in [0.1, 0.15) is 0 Å². The van der Waals surface area contributed by atoms with Crippen molar-refractivity contribution in [2.45, 2.75) is 0 Å². The molecule has 0 rings (SSSR count). The highest BCUT2D eigenvalue weighted by molar-refractivity contribution is 6.29. The summed E-state index contributed by atoms with van der Waals surface area (Å²) in [6.07, 6.45) is 2.32. The van der Waals surface area contributed by atoms with Crippen molar-refractivity contribution in [2.24, 2.45) is 5.73 Å². The molecular formula is C3H5ClN2. The van der Waals surface area contributed by atoms with Gasteiger partial charge in [0.1, 0.15) is 5.16 Å². The molecule has 0 radical (unpaired) electrons. The molecule has 6 heavy (non-hydrogen) atoms. The van der Waals surface area contributed by atoms with Crippen LogP contribution >= 0.6 is 11.6 Å². The third-order valence-electron chi connectivity index (χ3n) is 0.243. The Hall–Kier alpha value is -0.500. The van der Waals surface area contributed by atoms with Gasteiger partial charge in [0.15, 0.2) is 0 Å². The van der Waals surface area contributed by atoms with Gasteiger partial charge in [-0.2, -0.15) is 0 Å². The van der Waals surface area contributed by atoms with Crippen molar-refractivity contribution >= 4 is 17.8 Å². The first-order chi connectivity index (χ1) is 2.77. The molecule has 0 aliphatic heterocycles. The maximum absolute atomic E-state index is 6.37. The van der Waals surface area contributed by atoms with Crippen molar-refractivity contribution in [3.63, 3.8) is 0 Å². The SMILES string of the molecule is N=C/C=C(\N)Cl. The number of halogens is 1. The van der Waals surface area contributed by atoms with Gasteiger partial charge in [0.05, 0.1) is 0 Å². The summed E-state index contributed by atoms with van der Waals surface area (Å²) in [7, 11) is 0. The number of rotatable bonds is 1. The molecule has 0 aromatic heterocycles. The van der Waals surface area contributed by atoms with Crippen molar-refractivity contribution in [3.05, 3.63) is 11.2 Å². The fraction of sp³-hybridized carbons (Fsp3) is 0. The van der Waals surface area contributed by atoms with Crippen molar-refractivity contribution in [2.75, 3.05) is 0 Å². The molecular weight excluding hydrogens is 99.5 g/mol. The number of nitrogens with two attached hydrogens (primary N) is 1. The summed E-state index contributed by atoms with van der Waals surface area (Å²) < 4.78 is 0. The Morgan fingerprint density at radius 1 is 1.83 bits per heavy atom. The lowest BCUT2D eigenvalue weighted by Gasteiger charge is -1.73. The van der Waals surface area contributed by atoms with Crippen molar-refractivity contribution < 1.29 is 0 Å². The van der Waals surface area contributed by atoms with Gasteiger partial charge in [0, 0.05) is 6.21 Å². The Bertz CT molecular complexity index is 72.9.